The van der Waals surface area contributed by atoms with Crippen LogP contribution >= 0.6 is 0 Å². The minimum atomic E-state index is 0.381. The Morgan fingerprint density at radius 2 is 0.867 bits per heavy atom. The fourth-order valence-corrected chi connectivity index (χ4v) is 8.47. The Hall–Kier alpha value is -6.45. The maximum atomic E-state index is 5.52. The standard InChI is InChI=1S/C57H53N3/c1-34(2)41-22-42(35(3)4)25-47(24-41)55-33-56(48-26-43(36(5)6)23-44(27-48)37(7)8)60-57(59-55)49-29-45(39-20-19-38-15-13-21-58-54(38)32-39)28-46(30-49)53-31-40-14-9-10-16-50(40)51-17-11-12-18-52(51)53/h9-37H,1-8H3. The second kappa shape index (κ2) is 16.0. The van der Waals surface area contributed by atoms with E-state index in [1.165, 1.54) is 49.4 Å². The van der Waals surface area contributed by atoms with E-state index in [-0.39, 0.29) is 0 Å². The number of hydrogen-bond donors (Lipinski definition) is 0. The second-order valence-electron chi connectivity index (χ2n) is 17.8. The lowest BCUT2D eigenvalue weighted by Gasteiger charge is -2.18. The van der Waals surface area contributed by atoms with Crippen LogP contribution in [0.4, 0.5) is 0 Å². The van der Waals surface area contributed by atoms with Crippen LogP contribution in [0.25, 0.3) is 88.6 Å². The average molecular weight is 780 g/mol. The number of benzene rings is 7. The van der Waals surface area contributed by atoms with Crippen molar-refractivity contribution in [3.8, 4) is 56.2 Å². The first-order chi connectivity index (χ1) is 29.0. The monoisotopic (exact) mass is 779 g/mol. The van der Waals surface area contributed by atoms with Crippen LogP contribution in [0.15, 0.2) is 152 Å². The van der Waals surface area contributed by atoms with Crippen molar-refractivity contribution in [3.63, 3.8) is 0 Å². The number of nitrogens with zero attached hydrogens (tertiary/aromatic N) is 3. The number of hydrogen-bond acceptors (Lipinski definition) is 3. The summed E-state index contributed by atoms with van der Waals surface area (Å²) in [4.78, 5) is 15.8. The highest BCUT2D eigenvalue weighted by atomic mass is 14.9. The Morgan fingerprint density at radius 3 is 1.47 bits per heavy atom. The van der Waals surface area contributed by atoms with E-state index in [0.29, 0.717) is 29.5 Å². The molecule has 0 atom stereocenters. The number of pyridine rings is 1. The number of rotatable bonds is 9. The smallest absolute Gasteiger partial charge is 0.160 e. The Balaban J connectivity index is 1.35. The van der Waals surface area contributed by atoms with Gasteiger partial charge >= 0.3 is 0 Å². The highest BCUT2D eigenvalue weighted by Gasteiger charge is 2.19. The van der Waals surface area contributed by atoms with E-state index in [9.17, 15) is 0 Å². The van der Waals surface area contributed by atoms with Crippen molar-refractivity contribution in [2.45, 2.75) is 79.1 Å². The highest BCUT2D eigenvalue weighted by molar-refractivity contribution is 6.14. The quantitative estimate of drug-likeness (QED) is 0.137. The molecular formula is C57H53N3. The van der Waals surface area contributed by atoms with E-state index in [1.807, 2.05) is 12.3 Å². The van der Waals surface area contributed by atoms with Crippen molar-refractivity contribution in [3.05, 3.63) is 174 Å². The van der Waals surface area contributed by atoms with Crippen LogP contribution in [0.3, 0.4) is 0 Å². The first-order valence-electron chi connectivity index (χ1n) is 21.6. The van der Waals surface area contributed by atoms with Crippen LogP contribution in [0.5, 0.6) is 0 Å². The molecule has 0 bridgehead atoms. The summed E-state index contributed by atoms with van der Waals surface area (Å²) in [6.07, 6.45) is 1.87. The lowest BCUT2D eigenvalue weighted by Crippen LogP contribution is -2.01. The molecule has 0 amide bonds. The molecule has 0 unspecified atom stereocenters. The van der Waals surface area contributed by atoms with Gasteiger partial charge in [0, 0.05) is 28.3 Å². The summed E-state index contributed by atoms with van der Waals surface area (Å²) in [7, 11) is 0. The van der Waals surface area contributed by atoms with E-state index >= 15 is 0 Å². The van der Waals surface area contributed by atoms with E-state index in [2.05, 4.69) is 195 Å². The van der Waals surface area contributed by atoms with Crippen LogP contribution < -0.4 is 0 Å². The summed E-state index contributed by atoms with van der Waals surface area (Å²) in [6, 6.07) is 53.7. The van der Waals surface area contributed by atoms with E-state index in [0.717, 1.165) is 55.7 Å². The molecule has 0 radical (unpaired) electrons. The van der Waals surface area contributed by atoms with Gasteiger partial charge < -0.3 is 0 Å². The van der Waals surface area contributed by atoms with E-state index in [1.54, 1.807) is 0 Å². The van der Waals surface area contributed by atoms with Crippen LogP contribution in [0.2, 0.25) is 0 Å². The molecule has 7 aromatic carbocycles. The van der Waals surface area contributed by atoms with Crippen LogP contribution in [0, 0.1) is 0 Å². The molecule has 2 heterocycles. The largest absolute Gasteiger partial charge is 0.256 e. The first kappa shape index (κ1) is 39.0. The molecule has 3 nitrogen and oxygen atoms in total. The molecule has 3 heteroatoms. The minimum Gasteiger partial charge on any atom is -0.256 e. The molecule has 0 spiro atoms. The Labute approximate surface area is 355 Å². The molecule has 0 aliphatic rings. The highest BCUT2D eigenvalue weighted by Crippen LogP contribution is 2.40. The summed E-state index contributed by atoms with van der Waals surface area (Å²) in [5, 5.41) is 6.04. The van der Waals surface area contributed by atoms with Gasteiger partial charge in [0.05, 0.1) is 16.9 Å². The molecule has 0 aliphatic heterocycles. The van der Waals surface area contributed by atoms with Gasteiger partial charge in [0.2, 0.25) is 0 Å². The molecule has 60 heavy (non-hydrogen) atoms. The van der Waals surface area contributed by atoms with Gasteiger partial charge in [0.25, 0.3) is 0 Å². The average Bonchev–Trinajstić information content (AvgIpc) is 3.27. The van der Waals surface area contributed by atoms with Gasteiger partial charge in [-0.2, -0.15) is 0 Å². The Morgan fingerprint density at radius 1 is 0.350 bits per heavy atom. The molecular weight excluding hydrogens is 727 g/mol. The summed E-state index contributed by atoms with van der Waals surface area (Å²) < 4.78 is 0. The van der Waals surface area contributed by atoms with Gasteiger partial charge in [0.15, 0.2) is 5.82 Å². The zero-order valence-electron chi connectivity index (χ0n) is 36.1. The SMILES string of the molecule is CC(C)c1cc(-c2cc(-c3cc(C(C)C)cc(C(C)C)c3)nc(-c3cc(-c4ccc5cccnc5c4)cc(-c4cc5ccccc5c5ccccc45)c3)n2)cc(C(C)C)c1. The molecule has 2 aromatic heterocycles. The molecule has 0 fully saturated rings. The third-order valence-corrected chi connectivity index (χ3v) is 12.1. The maximum absolute atomic E-state index is 5.52. The first-order valence-corrected chi connectivity index (χ1v) is 21.6. The maximum Gasteiger partial charge on any atom is 0.160 e. The molecule has 296 valence electrons. The number of aromatic nitrogens is 3. The summed E-state index contributed by atoms with van der Waals surface area (Å²) >= 11 is 0. The number of fused-ring (bicyclic) bond motifs is 4. The van der Waals surface area contributed by atoms with E-state index < -0.39 is 0 Å². The van der Waals surface area contributed by atoms with Gasteiger partial charge in [0.1, 0.15) is 0 Å². The molecule has 9 aromatic rings. The van der Waals surface area contributed by atoms with Gasteiger partial charge in [-0.15, -0.1) is 0 Å². The predicted molar refractivity (Wildman–Crippen MR) is 256 cm³/mol. The topological polar surface area (TPSA) is 38.7 Å². The third-order valence-electron chi connectivity index (χ3n) is 12.1. The van der Waals surface area contributed by atoms with Gasteiger partial charge in [-0.25, -0.2) is 9.97 Å². The fraction of sp³-hybridized carbons (Fsp3) is 0.211. The Kier molecular flexibility index (Phi) is 10.4. The molecule has 0 N–H and O–H groups in total. The van der Waals surface area contributed by atoms with Crippen molar-refractivity contribution in [2.24, 2.45) is 0 Å². The normalized spacial score (nSPS) is 11.9. The second-order valence-corrected chi connectivity index (χ2v) is 17.8. The van der Waals surface area contributed by atoms with Gasteiger partial charge in [-0.3, -0.25) is 4.98 Å². The lowest BCUT2D eigenvalue weighted by atomic mass is 9.90. The van der Waals surface area contributed by atoms with Crippen molar-refractivity contribution in [1.82, 2.24) is 15.0 Å². The van der Waals surface area contributed by atoms with Crippen LogP contribution in [-0.4, -0.2) is 15.0 Å². The van der Waals surface area contributed by atoms with Gasteiger partial charge in [-0.1, -0.05) is 134 Å². The van der Waals surface area contributed by atoms with E-state index in [4.69, 9.17) is 15.0 Å². The molecule has 0 aliphatic carbocycles. The zero-order valence-corrected chi connectivity index (χ0v) is 36.1. The van der Waals surface area contributed by atoms with Crippen molar-refractivity contribution < 1.29 is 0 Å². The lowest BCUT2D eigenvalue weighted by molar-refractivity contribution is 0.834. The Bertz CT molecular complexity index is 2930. The predicted octanol–water partition coefficient (Wildman–Crippen LogP) is 16.2. The van der Waals surface area contributed by atoms with Gasteiger partial charge in [-0.05, 0) is 156 Å². The molecule has 9 rings (SSSR count). The minimum absolute atomic E-state index is 0.381. The van der Waals surface area contributed by atoms with Crippen LogP contribution in [0.1, 0.15) is 101 Å². The summed E-state index contributed by atoms with van der Waals surface area (Å²) in [6.45, 7) is 18.2. The third kappa shape index (κ3) is 7.61. The van der Waals surface area contributed by atoms with Crippen molar-refractivity contribution in [2.75, 3.05) is 0 Å². The van der Waals surface area contributed by atoms with Crippen LogP contribution in [-0.2, 0) is 0 Å². The fourth-order valence-electron chi connectivity index (χ4n) is 8.47. The summed E-state index contributed by atoms with van der Waals surface area (Å²) in [5.74, 6) is 2.23. The molecule has 0 saturated carbocycles. The zero-order chi connectivity index (χ0) is 41.7. The summed E-state index contributed by atoms with van der Waals surface area (Å²) in [5.41, 5.74) is 15.8. The molecule has 0 saturated heterocycles. The van der Waals surface area contributed by atoms with Crippen molar-refractivity contribution in [1.29, 1.82) is 0 Å². The van der Waals surface area contributed by atoms with Crippen molar-refractivity contribution >= 4 is 32.4 Å².